The zero-order valence-corrected chi connectivity index (χ0v) is 10.4. The summed E-state index contributed by atoms with van der Waals surface area (Å²) < 4.78 is 41.6. The maximum atomic E-state index is 13.0. The summed E-state index contributed by atoms with van der Waals surface area (Å²) in [5.41, 5.74) is 0.991. The topological polar surface area (TPSA) is 43.4 Å². The van der Waals surface area contributed by atoms with Crippen LogP contribution in [0.3, 0.4) is 0 Å². The molecule has 0 bridgehead atoms. The van der Waals surface area contributed by atoms with Crippen molar-refractivity contribution in [1.29, 1.82) is 0 Å². The molecular weight excluding hydrogens is 255 g/mol. The molecule has 0 aliphatic heterocycles. The second-order valence-corrected chi connectivity index (χ2v) is 5.35. The third-order valence-electron chi connectivity index (χ3n) is 2.31. The summed E-state index contributed by atoms with van der Waals surface area (Å²) in [5.74, 6) is -0.423. The van der Waals surface area contributed by atoms with E-state index in [2.05, 4.69) is 0 Å². The molecule has 0 saturated carbocycles. The van der Waals surface area contributed by atoms with Crippen LogP contribution in [0.4, 0.5) is 4.39 Å². The van der Waals surface area contributed by atoms with Gasteiger partial charge in [0, 0.05) is 0 Å². The normalized spacial score (nSPS) is 11.2. The van der Waals surface area contributed by atoms with Crippen molar-refractivity contribution in [2.24, 2.45) is 0 Å². The molecule has 0 amide bonds. The molecule has 0 saturated heterocycles. The Balaban J connectivity index is 2.30. The maximum Gasteiger partial charge on any atom is 0.339 e. The average molecular weight is 266 g/mol. The second-order valence-electron chi connectivity index (χ2n) is 3.81. The number of aryl methyl sites for hydroxylation is 1. The van der Waals surface area contributed by atoms with Crippen LogP contribution in [0, 0.1) is 12.7 Å². The van der Waals surface area contributed by atoms with Crippen molar-refractivity contribution < 1.29 is 17.0 Å². The fourth-order valence-electron chi connectivity index (χ4n) is 1.39. The minimum Gasteiger partial charge on any atom is -0.379 e. The van der Waals surface area contributed by atoms with Crippen molar-refractivity contribution in [2.75, 3.05) is 0 Å². The molecule has 2 rings (SSSR count). The Morgan fingerprint density at radius 1 is 1.06 bits per heavy atom. The predicted molar refractivity (Wildman–Crippen MR) is 65.4 cm³/mol. The van der Waals surface area contributed by atoms with Crippen molar-refractivity contribution in [3.8, 4) is 5.75 Å². The van der Waals surface area contributed by atoms with Gasteiger partial charge in [-0.1, -0.05) is 23.8 Å². The van der Waals surface area contributed by atoms with E-state index in [1.54, 1.807) is 24.3 Å². The number of halogens is 1. The molecule has 0 fully saturated rings. The maximum absolute atomic E-state index is 13.0. The van der Waals surface area contributed by atoms with Gasteiger partial charge >= 0.3 is 10.1 Å². The summed E-state index contributed by atoms with van der Waals surface area (Å²) >= 11 is 0. The predicted octanol–water partition coefficient (Wildman–Crippen LogP) is 2.90. The summed E-state index contributed by atoms with van der Waals surface area (Å²) in [6, 6.07) is 11.3. The average Bonchev–Trinajstić information content (AvgIpc) is 2.32. The summed E-state index contributed by atoms with van der Waals surface area (Å²) in [5, 5.41) is 0. The zero-order chi connectivity index (χ0) is 13.2. The zero-order valence-electron chi connectivity index (χ0n) is 9.63. The number of benzene rings is 2. The smallest absolute Gasteiger partial charge is 0.339 e. The van der Waals surface area contributed by atoms with Gasteiger partial charge in [0.1, 0.15) is 16.5 Å². The standard InChI is InChI=1S/C13H11FO3S/c1-10-5-7-12(8-6-10)17-18(15,16)13-4-2-3-11(14)9-13/h2-9H,1H3. The lowest BCUT2D eigenvalue weighted by Crippen LogP contribution is -2.09. The number of hydrogen-bond donors (Lipinski definition) is 0. The largest absolute Gasteiger partial charge is 0.379 e. The molecule has 0 unspecified atom stereocenters. The molecule has 0 aromatic heterocycles. The molecular formula is C13H11FO3S. The van der Waals surface area contributed by atoms with Gasteiger partial charge in [0.15, 0.2) is 0 Å². The highest BCUT2D eigenvalue weighted by molar-refractivity contribution is 7.87. The van der Waals surface area contributed by atoms with Crippen molar-refractivity contribution in [1.82, 2.24) is 0 Å². The third-order valence-corrected chi connectivity index (χ3v) is 3.55. The first-order valence-corrected chi connectivity index (χ1v) is 6.65. The van der Waals surface area contributed by atoms with E-state index in [0.717, 1.165) is 11.6 Å². The molecule has 0 N–H and O–H groups in total. The minimum atomic E-state index is -3.99. The van der Waals surface area contributed by atoms with Gasteiger partial charge in [0.25, 0.3) is 0 Å². The first-order valence-electron chi connectivity index (χ1n) is 5.24. The first kappa shape index (κ1) is 12.6. The van der Waals surface area contributed by atoms with Gasteiger partial charge < -0.3 is 4.18 Å². The molecule has 5 heteroatoms. The van der Waals surface area contributed by atoms with Crippen molar-refractivity contribution in [3.63, 3.8) is 0 Å². The molecule has 0 aliphatic rings. The molecule has 0 radical (unpaired) electrons. The van der Waals surface area contributed by atoms with Crippen molar-refractivity contribution in [3.05, 3.63) is 59.9 Å². The highest BCUT2D eigenvalue weighted by Crippen LogP contribution is 2.19. The van der Waals surface area contributed by atoms with E-state index in [4.69, 9.17) is 4.18 Å². The van der Waals surface area contributed by atoms with E-state index in [9.17, 15) is 12.8 Å². The van der Waals surface area contributed by atoms with Gasteiger partial charge in [0.05, 0.1) is 0 Å². The molecule has 2 aromatic rings. The second kappa shape index (κ2) is 4.78. The van der Waals surface area contributed by atoms with Gasteiger partial charge in [-0.2, -0.15) is 8.42 Å². The third kappa shape index (κ3) is 2.87. The highest BCUT2D eigenvalue weighted by atomic mass is 32.2. The molecule has 18 heavy (non-hydrogen) atoms. The Morgan fingerprint density at radius 2 is 1.72 bits per heavy atom. The van der Waals surface area contributed by atoms with Gasteiger partial charge in [-0.05, 0) is 37.3 Å². The van der Waals surface area contributed by atoms with Crippen LogP contribution in [0.25, 0.3) is 0 Å². The Labute approximate surface area is 105 Å². The lowest BCUT2D eigenvalue weighted by atomic mass is 10.2. The molecule has 0 heterocycles. The van der Waals surface area contributed by atoms with Gasteiger partial charge in [-0.25, -0.2) is 4.39 Å². The summed E-state index contributed by atoms with van der Waals surface area (Å²) in [6.07, 6.45) is 0. The summed E-state index contributed by atoms with van der Waals surface area (Å²) in [6.45, 7) is 1.88. The highest BCUT2D eigenvalue weighted by Gasteiger charge is 2.16. The molecule has 0 spiro atoms. The van der Waals surface area contributed by atoms with Crippen LogP contribution in [0.5, 0.6) is 5.75 Å². The Morgan fingerprint density at radius 3 is 2.33 bits per heavy atom. The lowest BCUT2D eigenvalue weighted by molar-refractivity contribution is 0.484. The Hall–Kier alpha value is -1.88. The molecule has 3 nitrogen and oxygen atoms in total. The van der Waals surface area contributed by atoms with Crippen LogP contribution >= 0.6 is 0 Å². The Bertz CT molecular complexity index is 648. The fourth-order valence-corrected chi connectivity index (χ4v) is 2.35. The van der Waals surface area contributed by atoms with Crippen LogP contribution in [0.1, 0.15) is 5.56 Å². The first-order chi connectivity index (χ1) is 8.47. The van der Waals surface area contributed by atoms with E-state index in [1.807, 2.05) is 6.92 Å². The SMILES string of the molecule is Cc1ccc(OS(=O)(=O)c2cccc(F)c2)cc1. The van der Waals surface area contributed by atoms with Crippen molar-refractivity contribution >= 4 is 10.1 Å². The molecule has 2 aromatic carbocycles. The van der Waals surface area contributed by atoms with E-state index in [1.165, 1.54) is 18.2 Å². The summed E-state index contributed by atoms with van der Waals surface area (Å²) in [4.78, 5) is -0.205. The van der Waals surface area contributed by atoms with Crippen LogP contribution < -0.4 is 4.18 Å². The molecule has 94 valence electrons. The van der Waals surface area contributed by atoms with E-state index in [0.29, 0.717) is 0 Å². The number of rotatable bonds is 3. The van der Waals surface area contributed by atoms with Crippen LogP contribution in [0.2, 0.25) is 0 Å². The van der Waals surface area contributed by atoms with Crippen LogP contribution in [0.15, 0.2) is 53.4 Å². The van der Waals surface area contributed by atoms with Gasteiger partial charge in [-0.15, -0.1) is 0 Å². The van der Waals surface area contributed by atoms with Crippen molar-refractivity contribution in [2.45, 2.75) is 11.8 Å². The van der Waals surface area contributed by atoms with Gasteiger partial charge in [-0.3, -0.25) is 0 Å². The fraction of sp³-hybridized carbons (Fsp3) is 0.0769. The monoisotopic (exact) mass is 266 g/mol. The number of hydrogen-bond acceptors (Lipinski definition) is 3. The van der Waals surface area contributed by atoms with Crippen LogP contribution in [-0.2, 0) is 10.1 Å². The Kier molecular flexibility index (Phi) is 3.34. The molecule has 0 atom stereocenters. The van der Waals surface area contributed by atoms with E-state index in [-0.39, 0.29) is 10.6 Å². The molecule has 0 aliphatic carbocycles. The quantitative estimate of drug-likeness (QED) is 0.802. The summed E-state index contributed by atoms with van der Waals surface area (Å²) in [7, 11) is -3.99. The van der Waals surface area contributed by atoms with Gasteiger partial charge in [0.2, 0.25) is 0 Å². The lowest BCUT2D eigenvalue weighted by Gasteiger charge is -2.07. The van der Waals surface area contributed by atoms with E-state index >= 15 is 0 Å². The minimum absolute atomic E-state index is 0.199. The van der Waals surface area contributed by atoms with E-state index < -0.39 is 15.9 Å². The van der Waals surface area contributed by atoms with Crippen LogP contribution in [-0.4, -0.2) is 8.42 Å².